The highest BCUT2D eigenvalue weighted by molar-refractivity contribution is 5.98. The zero-order chi connectivity index (χ0) is 25.7. The summed E-state index contributed by atoms with van der Waals surface area (Å²) in [5.41, 5.74) is 11.5. The molecular formula is C28H20FN7O. The molecule has 0 amide bonds. The molecule has 37 heavy (non-hydrogen) atoms. The summed E-state index contributed by atoms with van der Waals surface area (Å²) in [6.45, 7) is 1.98. The molecule has 0 fully saturated rings. The second-order valence-electron chi connectivity index (χ2n) is 8.73. The van der Waals surface area contributed by atoms with Crippen molar-refractivity contribution in [3.8, 4) is 34.3 Å². The van der Waals surface area contributed by atoms with Gasteiger partial charge >= 0.3 is 0 Å². The average Bonchev–Trinajstić information content (AvgIpc) is 3.48. The third-order valence-corrected chi connectivity index (χ3v) is 6.50. The molecule has 0 radical (unpaired) electrons. The van der Waals surface area contributed by atoms with Crippen molar-refractivity contribution >= 4 is 22.4 Å². The quantitative estimate of drug-likeness (QED) is 0.346. The third kappa shape index (κ3) is 3.54. The Hall–Kier alpha value is -5.23. The van der Waals surface area contributed by atoms with Crippen LogP contribution in [-0.4, -0.2) is 29.3 Å². The van der Waals surface area contributed by atoms with E-state index in [0.29, 0.717) is 27.9 Å². The predicted molar refractivity (Wildman–Crippen MR) is 138 cm³/mol. The number of halogens is 1. The van der Waals surface area contributed by atoms with E-state index in [9.17, 15) is 14.8 Å². The number of rotatable bonds is 4. The molecule has 4 heterocycles. The monoisotopic (exact) mass is 489 g/mol. The number of hydrogen-bond acceptors (Lipinski definition) is 6. The minimum absolute atomic E-state index is 0.194. The van der Waals surface area contributed by atoms with Gasteiger partial charge in [-0.2, -0.15) is 10.4 Å². The number of fused-ring (bicyclic) bond motifs is 2. The number of phenolic OH excluding ortho intramolecular Hbond substituents is 1. The molecule has 3 N–H and O–H groups in total. The predicted octanol–water partition coefficient (Wildman–Crippen LogP) is 5.32. The second kappa shape index (κ2) is 8.46. The van der Waals surface area contributed by atoms with E-state index in [1.54, 1.807) is 10.7 Å². The fourth-order valence-electron chi connectivity index (χ4n) is 4.85. The lowest BCUT2D eigenvalue weighted by Gasteiger charge is -2.16. The SMILES string of the molecule is CC(c1cc2ccccn2c1-c1ccccc1C#N)n1nc(-c2cc(O)cc(F)c2)c2c(N)ncnc21. The summed E-state index contributed by atoms with van der Waals surface area (Å²) in [6, 6.07) is 21.1. The summed E-state index contributed by atoms with van der Waals surface area (Å²) in [5.74, 6) is -0.634. The van der Waals surface area contributed by atoms with E-state index in [2.05, 4.69) is 22.1 Å². The van der Waals surface area contributed by atoms with Gasteiger partial charge in [0.25, 0.3) is 0 Å². The van der Waals surface area contributed by atoms with Crippen LogP contribution in [0.3, 0.4) is 0 Å². The van der Waals surface area contributed by atoms with Crippen LogP contribution < -0.4 is 5.73 Å². The van der Waals surface area contributed by atoms with Crippen LogP contribution in [0.25, 0.3) is 39.1 Å². The van der Waals surface area contributed by atoms with Crippen molar-refractivity contribution in [2.45, 2.75) is 13.0 Å². The molecule has 0 saturated carbocycles. The van der Waals surface area contributed by atoms with Crippen molar-refractivity contribution in [1.29, 1.82) is 5.26 Å². The Morgan fingerprint density at radius 2 is 1.86 bits per heavy atom. The van der Waals surface area contributed by atoms with Crippen molar-refractivity contribution in [2.75, 3.05) is 5.73 Å². The molecule has 0 saturated heterocycles. The van der Waals surface area contributed by atoms with Gasteiger partial charge in [-0.3, -0.25) is 0 Å². The Labute approximate surface area is 210 Å². The molecule has 180 valence electrons. The summed E-state index contributed by atoms with van der Waals surface area (Å²) in [6.07, 6.45) is 3.31. The van der Waals surface area contributed by atoms with Gasteiger partial charge in [0.05, 0.1) is 28.8 Å². The van der Waals surface area contributed by atoms with Gasteiger partial charge in [-0.25, -0.2) is 19.0 Å². The second-order valence-corrected chi connectivity index (χ2v) is 8.73. The standard InChI is InChI=1S/C28H20FN7O/c1-16(23-13-20-7-4-5-9-35(20)26(23)22-8-3-2-6-17(22)14-30)36-28-24(27(31)32-15-33-28)25(34-36)18-10-19(29)12-21(37)11-18/h2-13,15-16,37H,1H3,(H2,31,32,33). The van der Waals surface area contributed by atoms with Crippen LogP contribution in [0.15, 0.2) is 79.3 Å². The van der Waals surface area contributed by atoms with Crippen molar-refractivity contribution in [3.63, 3.8) is 0 Å². The Bertz CT molecular complexity index is 1840. The Morgan fingerprint density at radius 1 is 1.05 bits per heavy atom. The Morgan fingerprint density at radius 3 is 2.68 bits per heavy atom. The summed E-state index contributed by atoms with van der Waals surface area (Å²) < 4.78 is 18.0. The molecule has 0 aliphatic heterocycles. The highest BCUT2D eigenvalue weighted by Gasteiger charge is 2.26. The van der Waals surface area contributed by atoms with E-state index in [-0.39, 0.29) is 17.6 Å². The largest absolute Gasteiger partial charge is 0.508 e. The topological polar surface area (TPSA) is 118 Å². The number of aromatic nitrogens is 5. The molecule has 0 bridgehead atoms. The summed E-state index contributed by atoms with van der Waals surface area (Å²) in [4.78, 5) is 8.59. The average molecular weight is 490 g/mol. The number of phenols is 1. The van der Waals surface area contributed by atoms with Crippen LogP contribution in [0.1, 0.15) is 24.1 Å². The maximum Gasteiger partial charge on any atom is 0.164 e. The van der Waals surface area contributed by atoms with E-state index in [1.807, 2.05) is 53.9 Å². The van der Waals surface area contributed by atoms with Crippen LogP contribution in [-0.2, 0) is 0 Å². The number of anilines is 1. The molecule has 6 aromatic rings. The van der Waals surface area contributed by atoms with Crippen molar-refractivity contribution < 1.29 is 9.50 Å². The maximum absolute atomic E-state index is 14.2. The van der Waals surface area contributed by atoms with Gasteiger partial charge in [0.2, 0.25) is 0 Å². The van der Waals surface area contributed by atoms with Crippen molar-refractivity contribution in [1.82, 2.24) is 24.1 Å². The summed E-state index contributed by atoms with van der Waals surface area (Å²) >= 11 is 0. The van der Waals surface area contributed by atoms with Crippen LogP contribution in [0.4, 0.5) is 10.2 Å². The molecule has 6 rings (SSSR count). The number of benzene rings is 2. The lowest BCUT2D eigenvalue weighted by molar-refractivity contribution is 0.469. The van der Waals surface area contributed by atoms with E-state index in [4.69, 9.17) is 10.8 Å². The number of hydrogen-bond donors (Lipinski definition) is 2. The smallest absolute Gasteiger partial charge is 0.164 e. The molecule has 0 aliphatic carbocycles. The number of pyridine rings is 1. The molecule has 1 atom stereocenters. The van der Waals surface area contributed by atoms with E-state index in [1.165, 1.54) is 18.5 Å². The van der Waals surface area contributed by atoms with E-state index in [0.717, 1.165) is 28.4 Å². The van der Waals surface area contributed by atoms with Crippen LogP contribution in [0.5, 0.6) is 5.75 Å². The highest BCUT2D eigenvalue weighted by atomic mass is 19.1. The molecule has 2 aromatic carbocycles. The third-order valence-electron chi connectivity index (χ3n) is 6.50. The Kier molecular flexibility index (Phi) is 5.09. The van der Waals surface area contributed by atoms with Gasteiger partial charge in [-0.05, 0) is 43.3 Å². The molecule has 4 aromatic heterocycles. The first kappa shape index (κ1) is 22.2. The zero-order valence-electron chi connectivity index (χ0n) is 19.7. The zero-order valence-corrected chi connectivity index (χ0v) is 19.7. The molecular weight excluding hydrogens is 469 g/mol. The fourth-order valence-corrected chi connectivity index (χ4v) is 4.85. The minimum atomic E-state index is -0.602. The van der Waals surface area contributed by atoms with Crippen molar-refractivity contribution in [3.05, 3.63) is 96.2 Å². The van der Waals surface area contributed by atoms with Gasteiger partial charge in [0.1, 0.15) is 29.4 Å². The van der Waals surface area contributed by atoms with E-state index < -0.39 is 5.82 Å². The highest BCUT2D eigenvalue weighted by Crippen LogP contribution is 2.38. The van der Waals surface area contributed by atoms with E-state index >= 15 is 0 Å². The van der Waals surface area contributed by atoms with Crippen LogP contribution >= 0.6 is 0 Å². The molecule has 8 nitrogen and oxygen atoms in total. The van der Waals surface area contributed by atoms with Gasteiger partial charge in [0, 0.05) is 34.5 Å². The summed E-state index contributed by atoms with van der Waals surface area (Å²) in [7, 11) is 0. The van der Waals surface area contributed by atoms with Crippen molar-refractivity contribution in [2.24, 2.45) is 0 Å². The number of nitrogens with zero attached hydrogens (tertiary/aromatic N) is 6. The molecule has 1 unspecified atom stereocenters. The lowest BCUT2D eigenvalue weighted by atomic mass is 9.99. The van der Waals surface area contributed by atoms with Gasteiger partial charge in [-0.15, -0.1) is 0 Å². The maximum atomic E-state index is 14.2. The first-order chi connectivity index (χ1) is 18.0. The number of nitrogen functional groups attached to an aromatic ring is 1. The van der Waals surface area contributed by atoms with Crippen LogP contribution in [0.2, 0.25) is 0 Å². The molecule has 0 aliphatic rings. The lowest BCUT2D eigenvalue weighted by Crippen LogP contribution is -2.10. The van der Waals surface area contributed by atoms with Gasteiger partial charge < -0.3 is 15.2 Å². The number of aromatic hydroxyl groups is 1. The number of nitriles is 1. The molecule has 9 heteroatoms. The normalized spacial score (nSPS) is 12.1. The molecule has 0 spiro atoms. The Balaban J connectivity index is 1.63. The van der Waals surface area contributed by atoms with Gasteiger partial charge in [0.15, 0.2) is 5.65 Å². The first-order valence-corrected chi connectivity index (χ1v) is 11.5. The van der Waals surface area contributed by atoms with Crippen LogP contribution in [0, 0.1) is 17.1 Å². The minimum Gasteiger partial charge on any atom is -0.508 e. The fraction of sp³-hybridized carbons (Fsp3) is 0.0714. The first-order valence-electron chi connectivity index (χ1n) is 11.5. The summed E-state index contributed by atoms with van der Waals surface area (Å²) in [5, 5.41) is 25.1. The number of nitrogens with two attached hydrogens (primary N) is 1. The van der Waals surface area contributed by atoms with Gasteiger partial charge in [-0.1, -0.05) is 24.3 Å².